The summed E-state index contributed by atoms with van der Waals surface area (Å²) in [5.41, 5.74) is 0. The van der Waals surface area contributed by atoms with Crippen molar-refractivity contribution in [3.05, 3.63) is 0 Å². The van der Waals surface area contributed by atoms with Gasteiger partial charge in [-0.1, -0.05) is 20.8 Å². The van der Waals surface area contributed by atoms with Crippen LogP contribution in [-0.2, 0) is 4.74 Å². The molecule has 2 heterocycles. The Bertz CT molecular complexity index is 239. The molecule has 3 heteroatoms. The van der Waals surface area contributed by atoms with Gasteiger partial charge < -0.3 is 15.0 Å². The standard InChI is InChI=1S/C15H30N2O/c1-4-16-15(14-6-8-18-11-14)10-17-7-5-13(9-17)12(2)3/h12-16H,4-11H2,1-3H3. The third kappa shape index (κ3) is 3.69. The minimum absolute atomic E-state index is 0.628. The number of ether oxygens (including phenoxy) is 1. The molecule has 3 nitrogen and oxygen atoms in total. The van der Waals surface area contributed by atoms with Crippen molar-refractivity contribution in [2.45, 2.75) is 39.7 Å². The zero-order valence-electron chi connectivity index (χ0n) is 12.3. The normalized spacial score (nSPS) is 31.3. The van der Waals surface area contributed by atoms with Crippen LogP contribution in [0.2, 0.25) is 0 Å². The highest BCUT2D eigenvalue weighted by Gasteiger charge is 2.30. The zero-order valence-corrected chi connectivity index (χ0v) is 12.3. The van der Waals surface area contributed by atoms with Gasteiger partial charge in [0, 0.05) is 31.7 Å². The molecular weight excluding hydrogens is 224 g/mol. The van der Waals surface area contributed by atoms with Crippen molar-refractivity contribution < 1.29 is 4.74 Å². The summed E-state index contributed by atoms with van der Waals surface area (Å²) in [4.78, 5) is 2.66. The summed E-state index contributed by atoms with van der Waals surface area (Å²) in [5, 5.41) is 3.67. The maximum atomic E-state index is 5.55. The molecule has 2 aliphatic rings. The van der Waals surface area contributed by atoms with Crippen LogP contribution >= 0.6 is 0 Å². The molecule has 0 aromatic heterocycles. The topological polar surface area (TPSA) is 24.5 Å². The minimum Gasteiger partial charge on any atom is -0.381 e. The monoisotopic (exact) mass is 254 g/mol. The van der Waals surface area contributed by atoms with E-state index < -0.39 is 0 Å². The highest BCUT2D eigenvalue weighted by molar-refractivity contribution is 4.86. The lowest BCUT2D eigenvalue weighted by atomic mass is 9.95. The van der Waals surface area contributed by atoms with Gasteiger partial charge in [0.25, 0.3) is 0 Å². The Kier molecular flexibility index (Phi) is 5.46. The van der Waals surface area contributed by atoms with E-state index in [1.54, 1.807) is 0 Å². The van der Waals surface area contributed by atoms with Crippen LogP contribution in [0, 0.1) is 17.8 Å². The molecule has 2 aliphatic heterocycles. The molecule has 2 fully saturated rings. The molecule has 106 valence electrons. The van der Waals surface area contributed by atoms with E-state index >= 15 is 0 Å². The Labute approximate surface area is 112 Å². The second kappa shape index (κ2) is 6.88. The predicted molar refractivity (Wildman–Crippen MR) is 75.8 cm³/mol. The fourth-order valence-corrected chi connectivity index (χ4v) is 3.36. The molecule has 3 unspecified atom stereocenters. The van der Waals surface area contributed by atoms with Gasteiger partial charge in [-0.3, -0.25) is 0 Å². The van der Waals surface area contributed by atoms with Crippen molar-refractivity contribution >= 4 is 0 Å². The Morgan fingerprint density at radius 1 is 1.28 bits per heavy atom. The fourth-order valence-electron chi connectivity index (χ4n) is 3.36. The fraction of sp³-hybridized carbons (Fsp3) is 1.00. The van der Waals surface area contributed by atoms with Crippen LogP contribution < -0.4 is 5.32 Å². The zero-order chi connectivity index (χ0) is 13.0. The average molecular weight is 254 g/mol. The highest BCUT2D eigenvalue weighted by Crippen LogP contribution is 2.25. The SMILES string of the molecule is CCNC(CN1CCC(C(C)C)C1)C1CCOC1. The van der Waals surface area contributed by atoms with E-state index in [-0.39, 0.29) is 0 Å². The summed E-state index contributed by atoms with van der Waals surface area (Å²) in [6.07, 6.45) is 2.62. The van der Waals surface area contributed by atoms with E-state index in [9.17, 15) is 0 Å². The van der Waals surface area contributed by atoms with E-state index in [1.807, 2.05) is 0 Å². The Balaban J connectivity index is 1.81. The first kappa shape index (κ1) is 14.3. The first-order valence-electron chi connectivity index (χ1n) is 7.74. The van der Waals surface area contributed by atoms with Crippen molar-refractivity contribution in [1.82, 2.24) is 10.2 Å². The number of hydrogen-bond acceptors (Lipinski definition) is 3. The third-order valence-electron chi connectivity index (χ3n) is 4.71. The van der Waals surface area contributed by atoms with Gasteiger partial charge in [-0.2, -0.15) is 0 Å². The molecule has 2 rings (SSSR count). The van der Waals surface area contributed by atoms with Crippen molar-refractivity contribution in [3.63, 3.8) is 0 Å². The number of nitrogens with one attached hydrogen (secondary N) is 1. The number of nitrogens with zero attached hydrogens (tertiary/aromatic N) is 1. The van der Waals surface area contributed by atoms with Crippen LogP contribution in [0.3, 0.4) is 0 Å². The number of hydrogen-bond donors (Lipinski definition) is 1. The predicted octanol–water partition coefficient (Wildman–Crippen LogP) is 1.98. The quantitative estimate of drug-likeness (QED) is 0.784. The highest BCUT2D eigenvalue weighted by atomic mass is 16.5. The molecule has 0 aliphatic carbocycles. The largest absolute Gasteiger partial charge is 0.381 e. The van der Waals surface area contributed by atoms with Crippen LogP contribution in [0.25, 0.3) is 0 Å². The van der Waals surface area contributed by atoms with Crippen LogP contribution in [0.1, 0.15) is 33.6 Å². The molecule has 0 bridgehead atoms. The van der Waals surface area contributed by atoms with Gasteiger partial charge in [-0.05, 0) is 37.8 Å². The van der Waals surface area contributed by atoms with Gasteiger partial charge in [0.05, 0.1) is 6.61 Å². The van der Waals surface area contributed by atoms with E-state index in [0.29, 0.717) is 6.04 Å². The first-order chi connectivity index (χ1) is 8.70. The van der Waals surface area contributed by atoms with E-state index in [1.165, 1.54) is 32.5 Å². The number of likely N-dealkylation sites (tertiary alicyclic amines) is 1. The maximum absolute atomic E-state index is 5.55. The smallest absolute Gasteiger partial charge is 0.0510 e. The van der Waals surface area contributed by atoms with Gasteiger partial charge in [0.1, 0.15) is 0 Å². The second-order valence-electron chi connectivity index (χ2n) is 6.34. The molecule has 0 amide bonds. The molecule has 18 heavy (non-hydrogen) atoms. The number of likely N-dealkylation sites (N-methyl/N-ethyl adjacent to an activating group) is 1. The summed E-state index contributed by atoms with van der Waals surface area (Å²) in [6.45, 7) is 13.7. The maximum Gasteiger partial charge on any atom is 0.0510 e. The van der Waals surface area contributed by atoms with Crippen LogP contribution in [-0.4, -0.2) is 50.3 Å². The van der Waals surface area contributed by atoms with Crippen molar-refractivity contribution in [1.29, 1.82) is 0 Å². The molecule has 0 spiro atoms. The minimum atomic E-state index is 0.628. The van der Waals surface area contributed by atoms with E-state index in [2.05, 4.69) is 31.0 Å². The lowest BCUT2D eigenvalue weighted by molar-refractivity contribution is 0.165. The van der Waals surface area contributed by atoms with E-state index in [0.717, 1.165) is 37.5 Å². The molecule has 0 radical (unpaired) electrons. The Morgan fingerprint density at radius 3 is 2.67 bits per heavy atom. The van der Waals surface area contributed by atoms with Gasteiger partial charge in [-0.25, -0.2) is 0 Å². The van der Waals surface area contributed by atoms with Crippen molar-refractivity contribution in [3.8, 4) is 0 Å². The summed E-state index contributed by atoms with van der Waals surface area (Å²) in [5.74, 6) is 2.47. The molecule has 3 atom stereocenters. The number of rotatable bonds is 6. The third-order valence-corrected chi connectivity index (χ3v) is 4.71. The van der Waals surface area contributed by atoms with Crippen molar-refractivity contribution in [2.24, 2.45) is 17.8 Å². The van der Waals surface area contributed by atoms with Crippen molar-refractivity contribution in [2.75, 3.05) is 39.4 Å². The average Bonchev–Trinajstić information content (AvgIpc) is 2.99. The summed E-state index contributed by atoms with van der Waals surface area (Å²) >= 11 is 0. The van der Waals surface area contributed by atoms with Gasteiger partial charge in [0.2, 0.25) is 0 Å². The summed E-state index contributed by atoms with van der Waals surface area (Å²) in [7, 11) is 0. The molecular formula is C15H30N2O. The van der Waals surface area contributed by atoms with Crippen LogP contribution in [0.4, 0.5) is 0 Å². The lowest BCUT2D eigenvalue weighted by Crippen LogP contribution is -2.45. The lowest BCUT2D eigenvalue weighted by Gasteiger charge is -2.28. The van der Waals surface area contributed by atoms with E-state index in [4.69, 9.17) is 4.74 Å². The molecule has 0 aromatic rings. The summed E-state index contributed by atoms with van der Waals surface area (Å²) in [6, 6.07) is 0.628. The van der Waals surface area contributed by atoms with Crippen LogP contribution in [0.15, 0.2) is 0 Å². The molecule has 1 N–H and O–H groups in total. The van der Waals surface area contributed by atoms with Gasteiger partial charge in [0.15, 0.2) is 0 Å². The van der Waals surface area contributed by atoms with Gasteiger partial charge >= 0.3 is 0 Å². The van der Waals surface area contributed by atoms with Gasteiger partial charge in [-0.15, -0.1) is 0 Å². The molecule has 0 aromatic carbocycles. The first-order valence-corrected chi connectivity index (χ1v) is 7.74. The second-order valence-corrected chi connectivity index (χ2v) is 6.34. The summed E-state index contributed by atoms with van der Waals surface area (Å²) < 4.78 is 5.55. The molecule has 2 saturated heterocycles. The Hall–Kier alpha value is -0.120. The van der Waals surface area contributed by atoms with Crippen LogP contribution in [0.5, 0.6) is 0 Å². The molecule has 0 saturated carbocycles. The Morgan fingerprint density at radius 2 is 2.11 bits per heavy atom.